The number of alkyl halides is 2. The number of nitrogens with zero attached hydrogens (tertiary/aromatic N) is 3. The van der Waals surface area contributed by atoms with Crippen molar-refractivity contribution in [3.05, 3.63) is 52.1 Å². The van der Waals surface area contributed by atoms with Crippen LogP contribution in [0.4, 0.5) is 13.2 Å². The largest absolute Gasteiger partial charge is 0.318 e. The Morgan fingerprint density at radius 1 is 1.25 bits per heavy atom. The van der Waals surface area contributed by atoms with Crippen molar-refractivity contribution in [3.63, 3.8) is 0 Å². The summed E-state index contributed by atoms with van der Waals surface area (Å²) in [6.45, 7) is 2.42. The van der Waals surface area contributed by atoms with E-state index in [1.165, 1.54) is 7.05 Å². The van der Waals surface area contributed by atoms with Gasteiger partial charge >= 0.3 is 6.55 Å². The van der Waals surface area contributed by atoms with Crippen LogP contribution in [0.3, 0.4) is 0 Å². The number of benzene rings is 1. The highest BCUT2D eigenvalue weighted by Crippen LogP contribution is 2.22. The Balaban J connectivity index is 2.38. The molecule has 24 heavy (non-hydrogen) atoms. The van der Waals surface area contributed by atoms with Crippen molar-refractivity contribution in [2.24, 2.45) is 7.05 Å². The molecule has 1 aromatic heterocycles. The third kappa shape index (κ3) is 3.44. The Morgan fingerprint density at radius 3 is 2.29 bits per heavy atom. The maximum absolute atomic E-state index is 13.8. The molecule has 0 saturated heterocycles. The smallest absolute Gasteiger partial charge is 0.278 e. The summed E-state index contributed by atoms with van der Waals surface area (Å²) in [6.07, 6.45) is 1.62. The van der Waals surface area contributed by atoms with Gasteiger partial charge in [0.1, 0.15) is 5.56 Å². The topological polar surface area (TPSA) is 38.1 Å². The fraction of sp³-hybridized carbons (Fsp3) is 0.412. The second-order valence-corrected chi connectivity index (χ2v) is 5.74. The number of halogens is 3. The van der Waals surface area contributed by atoms with Gasteiger partial charge in [0.15, 0.2) is 0 Å². The molecule has 0 aliphatic carbocycles. The minimum absolute atomic E-state index is 0.283. The van der Waals surface area contributed by atoms with E-state index >= 15 is 0 Å². The first-order valence-corrected chi connectivity index (χ1v) is 7.61. The van der Waals surface area contributed by atoms with Gasteiger partial charge in [-0.25, -0.2) is 4.68 Å². The van der Waals surface area contributed by atoms with E-state index in [1.54, 1.807) is 6.07 Å². The van der Waals surface area contributed by atoms with Gasteiger partial charge in [-0.15, -0.1) is 0 Å². The van der Waals surface area contributed by atoms with Gasteiger partial charge in [-0.2, -0.15) is 18.3 Å². The number of hydrogen-bond donors (Lipinski definition) is 0. The summed E-state index contributed by atoms with van der Waals surface area (Å²) in [5.74, 6) is -2.00. The third-order valence-corrected chi connectivity index (χ3v) is 4.13. The Labute approximate surface area is 138 Å². The summed E-state index contributed by atoms with van der Waals surface area (Å²) >= 11 is 0. The first-order valence-electron chi connectivity index (χ1n) is 7.61. The Kier molecular flexibility index (Phi) is 5.31. The first-order chi connectivity index (χ1) is 11.3. The van der Waals surface area contributed by atoms with E-state index in [2.05, 4.69) is 5.10 Å². The molecule has 0 N–H and O–H groups in total. The van der Waals surface area contributed by atoms with Crippen LogP contribution in [0.25, 0.3) is 0 Å². The molecule has 1 heterocycles. The van der Waals surface area contributed by atoms with Gasteiger partial charge in [0, 0.05) is 7.05 Å². The van der Waals surface area contributed by atoms with Crippen molar-refractivity contribution in [2.75, 3.05) is 0 Å². The molecule has 0 fully saturated rings. The molecule has 0 saturated carbocycles. The van der Waals surface area contributed by atoms with Crippen molar-refractivity contribution in [2.45, 2.75) is 40.3 Å². The first kappa shape index (κ1) is 18.0. The highest BCUT2D eigenvalue weighted by Gasteiger charge is 2.28. The van der Waals surface area contributed by atoms with E-state index in [4.69, 9.17) is 0 Å². The van der Waals surface area contributed by atoms with Crippen LogP contribution in [0.15, 0.2) is 18.3 Å². The van der Waals surface area contributed by atoms with Crippen LogP contribution in [0.2, 0.25) is 0 Å². The minimum Gasteiger partial charge on any atom is -0.278 e. The van der Waals surface area contributed by atoms with E-state index in [0.29, 0.717) is 16.9 Å². The molecule has 0 aliphatic heterocycles. The summed E-state index contributed by atoms with van der Waals surface area (Å²) in [5.41, 5.74) is 3.08. The predicted octanol–water partition coefficient (Wildman–Crippen LogP) is 3.60. The molecule has 0 aliphatic rings. The molecule has 0 bridgehead atoms. The number of amides is 1. The van der Waals surface area contributed by atoms with Crippen LogP contribution in [0, 0.1) is 19.8 Å². The molecule has 2 aromatic rings. The lowest BCUT2D eigenvalue weighted by molar-refractivity contribution is -0.0190. The number of carbonyl (C=O) groups excluding carboxylic acids is 1. The van der Waals surface area contributed by atoms with Gasteiger partial charge in [0.2, 0.25) is 5.95 Å². The van der Waals surface area contributed by atoms with Crippen LogP contribution in [0.5, 0.6) is 0 Å². The third-order valence-electron chi connectivity index (χ3n) is 4.13. The average Bonchev–Trinajstić information content (AvgIpc) is 2.86. The molecular formula is C17H20F3N3O. The van der Waals surface area contributed by atoms with E-state index in [-0.39, 0.29) is 6.54 Å². The van der Waals surface area contributed by atoms with Crippen LogP contribution in [0.1, 0.15) is 39.5 Å². The Hall–Kier alpha value is -2.31. The van der Waals surface area contributed by atoms with Gasteiger partial charge in [-0.1, -0.05) is 19.1 Å². The number of aromatic nitrogens is 2. The van der Waals surface area contributed by atoms with Crippen molar-refractivity contribution in [3.8, 4) is 0 Å². The molecule has 4 nitrogen and oxygen atoms in total. The second kappa shape index (κ2) is 7.07. The summed E-state index contributed by atoms with van der Waals surface area (Å²) in [4.78, 5) is 12.7. The van der Waals surface area contributed by atoms with Gasteiger partial charge in [0.25, 0.3) is 5.91 Å². The zero-order valence-electron chi connectivity index (χ0n) is 14.1. The minimum atomic E-state index is -3.04. The predicted molar refractivity (Wildman–Crippen MR) is 84.3 cm³/mol. The average molecular weight is 339 g/mol. The van der Waals surface area contributed by atoms with Crippen molar-refractivity contribution < 1.29 is 18.0 Å². The van der Waals surface area contributed by atoms with Crippen LogP contribution in [-0.2, 0) is 20.0 Å². The van der Waals surface area contributed by atoms with Gasteiger partial charge in [0.05, 0.1) is 12.7 Å². The summed E-state index contributed by atoms with van der Waals surface area (Å²) in [6, 6.07) is 3.74. The molecule has 1 aromatic carbocycles. The lowest BCUT2D eigenvalue weighted by Crippen LogP contribution is -2.35. The number of carbonyl (C=O) groups is 1. The van der Waals surface area contributed by atoms with Crippen LogP contribution in [-0.4, -0.2) is 27.1 Å². The Morgan fingerprint density at radius 2 is 1.83 bits per heavy atom. The zero-order chi connectivity index (χ0) is 18.0. The number of rotatable bonds is 5. The highest BCUT2D eigenvalue weighted by atomic mass is 19.3. The van der Waals surface area contributed by atoms with E-state index in [9.17, 15) is 18.0 Å². The molecule has 7 heteroatoms. The highest BCUT2D eigenvalue weighted by molar-refractivity contribution is 5.94. The normalized spacial score (nSPS) is 11.2. The molecular weight excluding hydrogens is 319 g/mol. The number of aryl methyl sites for hydroxylation is 4. The molecule has 2 rings (SSSR count). The fourth-order valence-electron chi connectivity index (χ4n) is 2.55. The lowest BCUT2D eigenvalue weighted by atomic mass is 9.98. The van der Waals surface area contributed by atoms with Crippen molar-refractivity contribution in [1.29, 1.82) is 0 Å². The maximum atomic E-state index is 13.8. The molecule has 0 unspecified atom stereocenters. The summed E-state index contributed by atoms with van der Waals surface area (Å²) < 4.78 is 41.5. The van der Waals surface area contributed by atoms with Gasteiger partial charge < -0.3 is 0 Å². The maximum Gasteiger partial charge on any atom is 0.318 e. The monoisotopic (exact) mass is 339 g/mol. The molecule has 0 atom stereocenters. The summed E-state index contributed by atoms with van der Waals surface area (Å²) in [7, 11) is 1.30. The molecule has 0 radical (unpaired) electrons. The number of hydrogen-bond acceptors (Lipinski definition) is 2. The molecule has 0 spiro atoms. The van der Waals surface area contributed by atoms with E-state index in [1.807, 2.05) is 26.8 Å². The Bertz CT molecular complexity index is 756. The van der Waals surface area contributed by atoms with Gasteiger partial charge in [-0.3, -0.25) is 9.69 Å². The molecule has 130 valence electrons. The van der Waals surface area contributed by atoms with E-state index < -0.39 is 24.0 Å². The lowest BCUT2D eigenvalue weighted by Gasteiger charge is -2.23. The van der Waals surface area contributed by atoms with Crippen LogP contribution >= 0.6 is 0 Å². The summed E-state index contributed by atoms with van der Waals surface area (Å²) in [5, 5.41) is 3.59. The standard InChI is InChI=1S/C17H20F3N3O/c1-5-12-6-10(2)11(3)7-13(12)9-23(17(19)20)16(24)14-8-21-22(4)15(14)18/h6-8,17H,5,9H2,1-4H3. The van der Waals surface area contributed by atoms with Crippen molar-refractivity contribution >= 4 is 5.91 Å². The molecule has 1 amide bonds. The quantitative estimate of drug-likeness (QED) is 0.781. The second-order valence-electron chi connectivity index (χ2n) is 5.74. The fourth-order valence-corrected chi connectivity index (χ4v) is 2.55. The van der Waals surface area contributed by atoms with Crippen molar-refractivity contribution in [1.82, 2.24) is 14.7 Å². The SMILES string of the molecule is CCc1cc(C)c(C)cc1CN(C(=O)c1cnn(C)c1F)C(F)F. The van der Waals surface area contributed by atoms with Crippen LogP contribution < -0.4 is 0 Å². The zero-order valence-corrected chi connectivity index (χ0v) is 14.1. The van der Waals surface area contributed by atoms with E-state index in [0.717, 1.165) is 27.6 Å². The van der Waals surface area contributed by atoms with Gasteiger partial charge in [-0.05, 0) is 42.5 Å².